The fourth-order valence-electron chi connectivity index (χ4n) is 2.73. The van der Waals surface area contributed by atoms with E-state index in [2.05, 4.69) is 5.32 Å². The van der Waals surface area contributed by atoms with Crippen LogP contribution in [0.2, 0.25) is 0 Å². The van der Waals surface area contributed by atoms with Crippen LogP contribution in [0.15, 0.2) is 62.7 Å². The van der Waals surface area contributed by atoms with Gasteiger partial charge in [0.15, 0.2) is 21.3 Å². The van der Waals surface area contributed by atoms with Crippen molar-refractivity contribution in [2.24, 2.45) is 0 Å². The second-order valence-corrected chi connectivity index (χ2v) is 9.06. The Balaban J connectivity index is 1.55. The van der Waals surface area contributed by atoms with E-state index in [1.807, 2.05) is 0 Å². The van der Waals surface area contributed by atoms with Crippen LogP contribution in [-0.2, 0) is 9.84 Å². The van der Waals surface area contributed by atoms with E-state index in [4.69, 9.17) is 13.9 Å². The van der Waals surface area contributed by atoms with Crippen LogP contribution in [0.3, 0.4) is 0 Å². The number of sulfone groups is 1. The molecule has 0 fully saturated rings. The molecular formula is C18H15NO6S2. The lowest BCUT2D eigenvalue weighted by molar-refractivity contribution is 0.0952. The molecule has 3 heterocycles. The molecule has 0 unspecified atom stereocenters. The van der Waals surface area contributed by atoms with E-state index in [-0.39, 0.29) is 23.3 Å². The number of hydrogen-bond acceptors (Lipinski definition) is 7. The van der Waals surface area contributed by atoms with Gasteiger partial charge in [-0.05, 0) is 41.8 Å². The molecule has 27 heavy (non-hydrogen) atoms. The Kier molecular flexibility index (Phi) is 4.63. The van der Waals surface area contributed by atoms with Gasteiger partial charge in [-0.3, -0.25) is 4.79 Å². The molecule has 3 aromatic rings. The number of carbonyl (C=O) groups is 1. The molecule has 1 aromatic carbocycles. The van der Waals surface area contributed by atoms with Crippen LogP contribution in [0.5, 0.6) is 11.5 Å². The van der Waals surface area contributed by atoms with Crippen molar-refractivity contribution < 1.29 is 27.1 Å². The van der Waals surface area contributed by atoms with Crippen molar-refractivity contribution in [3.8, 4) is 11.5 Å². The first-order chi connectivity index (χ1) is 13.1. The minimum atomic E-state index is -3.70. The van der Waals surface area contributed by atoms with Gasteiger partial charge in [-0.2, -0.15) is 0 Å². The molecule has 1 aliphatic rings. The number of carbonyl (C=O) groups excluding carboxylic acids is 1. The minimum absolute atomic E-state index is 0.111. The number of amides is 1. The number of fused-ring (bicyclic) bond motifs is 1. The van der Waals surface area contributed by atoms with Gasteiger partial charge in [0, 0.05) is 12.1 Å². The number of nitrogens with one attached hydrogen (secondary N) is 1. The normalized spacial score (nSPS) is 14.1. The van der Waals surface area contributed by atoms with E-state index >= 15 is 0 Å². The second kappa shape index (κ2) is 7.09. The minimum Gasteiger partial charge on any atom is -0.468 e. The smallest absolute Gasteiger partial charge is 0.251 e. The summed E-state index contributed by atoms with van der Waals surface area (Å²) in [6, 6.07) is 11.2. The second-order valence-electron chi connectivity index (χ2n) is 5.76. The van der Waals surface area contributed by atoms with E-state index in [1.54, 1.807) is 41.8 Å². The molecule has 0 radical (unpaired) electrons. The zero-order chi connectivity index (χ0) is 18.9. The van der Waals surface area contributed by atoms with Crippen LogP contribution in [0.25, 0.3) is 0 Å². The van der Waals surface area contributed by atoms with E-state index in [9.17, 15) is 13.2 Å². The van der Waals surface area contributed by atoms with Crippen molar-refractivity contribution in [3.63, 3.8) is 0 Å². The predicted molar refractivity (Wildman–Crippen MR) is 97.9 cm³/mol. The number of hydrogen-bond donors (Lipinski definition) is 1. The van der Waals surface area contributed by atoms with Crippen molar-refractivity contribution in [2.75, 3.05) is 13.3 Å². The van der Waals surface area contributed by atoms with E-state index < -0.39 is 21.0 Å². The Bertz CT molecular complexity index is 1040. The Morgan fingerprint density at radius 2 is 2.00 bits per heavy atom. The third-order valence-electron chi connectivity index (χ3n) is 4.09. The molecule has 1 N–H and O–H groups in total. The van der Waals surface area contributed by atoms with E-state index in [0.717, 1.165) is 11.3 Å². The number of rotatable bonds is 6. The van der Waals surface area contributed by atoms with Gasteiger partial charge in [-0.25, -0.2) is 8.42 Å². The SMILES string of the molecule is O=C(NC[C@@H](c1ccco1)S(=O)(=O)c1cccs1)c1ccc2c(c1)OCO2. The maximum atomic E-state index is 13.0. The average molecular weight is 405 g/mol. The third kappa shape index (κ3) is 3.43. The Morgan fingerprint density at radius 3 is 2.74 bits per heavy atom. The molecule has 4 rings (SSSR count). The molecule has 0 saturated carbocycles. The first kappa shape index (κ1) is 17.6. The van der Waals surface area contributed by atoms with Crippen molar-refractivity contribution >= 4 is 27.1 Å². The number of ether oxygens (including phenoxy) is 2. The van der Waals surface area contributed by atoms with Gasteiger partial charge in [0.2, 0.25) is 6.79 Å². The van der Waals surface area contributed by atoms with Gasteiger partial charge >= 0.3 is 0 Å². The molecule has 9 heteroatoms. The van der Waals surface area contributed by atoms with Crippen LogP contribution in [-0.4, -0.2) is 27.7 Å². The number of thiophene rings is 1. The zero-order valence-corrected chi connectivity index (χ0v) is 15.6. The molecule has 1 amide bonds. The zero-order valence-electron chi connectivity index (χ0n) is 14.0. The highest BCUT2D eigenvalue weighted by molar-refractivity contribution is 7.93. The summed E-state index contributed by atoms with van der Waals surface area (Å²) in [5.41, 5.74) is 0.353. The Labute approximate surface area is 159 Å². The molecule has 1 atom stereocenters. The molecular weight excluding hydrogens is 390 g/mol. The highest BCUT2D eigenvalue weighted by Crippen LogP contribution is 2.33. The molecule has 1 aliphatic heterocycles. The lowest BCUT2D eigenvalue weighted by Crippen LogP contribution is -2.31. The maximum Gasteiger partial charge on any atom is 0.251 e. The molecule has 0 aliphatic carbocycles. The van der Waals surface area contributed by atoms with Crippen LogP contribution in [0.1, 0.15) is 21.4 Å². The highest BCUT2D eigenvalue weighted by atomic mass is 32.2. The van der Waals surface area contributed by atoms with Gasteiger partial charge in [0.1, 0.15) is 15.2 Å². The first-order valence-electron chi connectivity index (χ1n) is 8.04. The third-order valence-corrected chi connectivity index (χ3v) is 7.59. The monoisotopic (exact) mass is 405 g/mol. The van der Waals surface area contributed by atoms with Gasteiger partial charge < -0.3 is 19.2 Å². The molecule has 0 saturated heterocycles. The molecule has 7 nitrogen and oxygen atoms in total. The summed E-state index contributed by atoms with van der Waals surface area (Å²) in [4.78, 5) is 12.5. The average Bonchev–Trinajstić information content (AvgIpc) is 3.42. The van der Waals surface area contributed by atoms with Gasteiger partial charge in [0.05, 0.1) is 6.26 Å². The molecule has 0 spiro atoms. The fourth-order valence-corrected chi connectivity index (χ4v) is 5.52. The van der Waals surface area contributed by atoms with Gasteiger partial charge in [-0.15, -0.1) is 11.3 Å². The fraction of sp³-hybridized carbons (Fsp3) is 0.167. The quantitative estimate of drug-likeness (QED) is 0.677. The van der Waals surface area contributed by atoms with Gasteiger partial charge in [0.25, 0.3) is 5.91 Å². The standard InChI is InChI=1S/C18H15NO6S2/c20-18(12-5-6-13-15(9-12)25-11-24-13)19-10-16(14-3-1-7-23-14)27(21,22)17-4-2-8-26-17/h1-9,16H,10-11H2,(H,19,20)/t16-/m0/s1. The van der Waals surface area contributed by atoms with Crippen molar-refractivity contribution in [3.05, 3.63) is 65.4 Å². The summed E-state index contributed by atoms with van der Waals surface area (Å²) >= 11 is 1.13. The van der Waals surface area contributed by atoms with Crippen LogP contribution < -0.4 is 14.8 Å². The Hall–Kier alpha value is -2.78. The number of furan rings is 1. The maximum absolute atomic E-state index is 13.0. The summed E-state index contributed by atoms with van der Waals surface area (Å²) < 4.78 is 41.9. The van der Waals surface area contributed by atoms with E-state index in [1.165, 1.54) is 12.3 Å². The lowest BCUT2D eigenvalue weighted by Gasteiger charge is -2.15. The van der Waals surface area contributed by atoms with Crippen molar-refractivity contribution in [1.82, 2.24) is 5.32 Å². The van der Waals surface area contributed by atoms with E-state index in [0.29, 0.717) is 17.1 Å². The molecule has 140 valence electrons. The first-order valence-corrected chi connectivity index (χ1v) is 10.5. The highest BCUT2D eigenvalue weighted by Gasteiger charge is 2.32. The van der Waals surface area contributed by atoms with Crippen LogP contribution in [0.4, 0.5) is 0 Å². The van der Waals surface area contributed by atoms with Crippen LogP contribution in [0, 0.1) is 0 Å². The molecule has 2 aromatic heterocycles. The summed E-state index contributed by atoms with van der Waals surface area (Å²) in [5.74, 6) is 0.914. The largest absolute Gasteiger partial charge is 0.468 e. The number of benzene rings is 1. The van der Waals surface area contributed by atoms with Crippen molar-refractivity contribution in [1.29, 1.82) is 0 Å². The van der Waals surface area contributed by atoms with Crippen molar-refractivity contribution in [2.45, 2.75) is 9.46 Å². The van der Waals surface area contributed by atoms with Gasteiger partial charge in [-0.1, -0.05) is 6.07 Å². The summed E-state index contributed by atoms with van der Waals surface area (Å²) in [6.45, 7) is -0.0128. The lowest BCUT2D eigenvalue weighted by atomic mass is 10.2. The predicted octanol–water partition coefficient (Wildman–Crippen LogP) is 3.01. The summed E-state index contributed by atoms with van der Waals surface area (Å²) in [7, 11) is -3.70. The molecule has 0 bridgehead atoms. The van der Waals surface area contributed by atoms with Crippen LogP contribution >= 0.6 is 11.3 Å². The Morgan fingerprint density at radius 1 is 1.15 bits per heavy atom. The summed E-state index contributed by atoms with van der Waals surface area (Å²) in [5, 5.41) is 3.34. The summed E-state index contributed by atoms with van der Waals surface area (Å²) in [6.07, 6.45) is 1.41. The topological polar surface area (TPSA) is 94.8 Å².